The Morgan fingerprint density at radius 3 is 2.47 bits per heavy atom. The minimum Gasteiger partial charge on any atom is -0.496 e. The van der Waals surface area contributed by atoms with Crippen LogP contribution < -0.4 is 10.3 Å². The number of hydrogen-bond donors (Lipinski definition) is 0. The van der Waals surface area contributed by atoms with Crippen molar-refractivity contribution in [2.75, 3.05) is 13.4 Å². The molecule has 0 aliphatic heterocycles. The molecule has 0 spiro atoms. The highest BCUT2D eigenvalue weighted by Gasteiger charge is 2.19. The normalized spacial score (nSPS) is 11.7. The van der Waals surface area contributed by atoms with Crippen molar-refractivity contribution in [2.24, 2.45) is 14.1 Å². The summed E-state index contributed by atoms with van der Waals surface area (Å²) in [5, 5.41) is 4.45. The SMILES string of the molecule is COc1ccc(S(C)(=O)=O)cc1-c1cn(C)c(=O)c2cnc(-c3cnn(C)c3)nc12. The van der Waals surface area contributed by atoms with Crippen LogP contribution in [0.5, 0.6) is 5.75 Å². The van der Waals surface area contributed by atoms with Crippen LogP contribution in [0.15, 0.2) is 52.7 Å². The molecule has 0 saturated carbocycles. The van der Waals surface area contributed by atoms with Gasteiger partial charge in [-0.05, 0) is 18.2 Å². The van der Waals surface area contributed by atoms with Crippen molar-refractivity contribution in [3.63, 3.8) is 0 Å². The van der Waals surface area contributed by atoms with E-state index < -0.39 is 9.84 Å². The molecule has 3 heterocycles. The van der Waals surface area contributed by atoms with Gasteiger partial charge in [0.05, 0.1) is 34.7 Å². The third-order valence-electron chi connectivity index (χ3n) is 4.77. The Bertz CT molecular complexity index is 1450. The summed E-state index contributed by atoms with van der Waals surface area (Å²) in [5.74, 6) is 0.868. The lowest BCUT2D eigenvalue weighted by Crippen LogP contribution is -2.17. The van der Waals surface area contributed by atoms with Gasteiger partial charge in [0.25, 0.3) is 5.56 Å². The largest absolute Gasteiger partial charge is 0.496 e. The van der Waals surface area contributed by atoms with E-state index in [1.54, 1.807) is 43.4 Å². The molecule has 10 heteroatoms. The summed E-state index contributed by atoms with van der Waals surface area (Å²) in [5.41, 5.74) is 1.90. The first-order chi connectivity index (χ1) is 14.2. The van der Waals surface area contributed by atoms with Gasteiger partial charge in [0.2, 0.25) is 0 Å². The zero-order valence-corrected chi connectivity index (χ0v) is 17.6. The Balaban J connectivity index is 2.08. The van der Waals surface area contributed by atoms with Gasteiger partial charge in [-0.25, -0.2) is 18.4 Å². The Kier molecular flexibility index (Phi) is 4.65. The molecular formula is C20H19N5O4S. The second kappa shape index (κ2) is 7.06. The maximum Gasteiger partial charge on any atom is 0.261 e. The number of nitrogens with zero attached hydrogens (tertiary/aromatic N) is 5. The van der Waals surface area contributed by atoms with Crippen LogP contribution in [-0.4, -0.2) is 46.1 Å². The number of aromatic nitrogens is 5. The molecule has 0 aliphatic carbocycles. The van der Waals surface area contributed by atoms with Crippen LogP contribution in [0, 0.1) is 0 Å². The van der Waals surface area contributed by atoms with Crippen molar-refractivity contribution in [1.82, 2.24) is 24.3 Å². The first-order valence-corrected chi connectivity index (χ1v) is 10.8. The smallest absolute Gasteiger partial charge is 0.261 e. The van der Waals surface area contributed by atoms with Gasteiger partial charge in [-0.15, -0.1) is 0 Å². The average Bonchev–Trinajstić information content (AvgIpc) is 3.15. The maximum atomic E-state index is 12.7. The summed E-state index contributed by atoms with van der Waals surface area (Å²) in [6, 6.07) is 4.60. The van der Waals surface area contributed by atoms with E-state index in [4.69, 9.17) is 4.74 Å². The van der Waals surface area contributed by atoms with Crippen LogP contribution in [0.25, 0.3) is 33.4 Å². The fourth-order valence-electron chi connectivity index (χ4n) is 3.25. The van der Waals surface area contributed by atoms with Gasteiger partial charge < -0.3 is 9.30 Å². The molecule has 4 rings (SSSR count). The quantitative estimate of drug-likeness (QED) is 0.490. The molecule has 0 N–H and O–H groups in total. The number of benzene rings is 1. The number of pyridine rings is 1. The van der Waals surface area contributed by atoms with Crippen LogP contribution in [0.1, 0.15) is 0 Å². The zero-order valence-electron chi connectivity index (χ0n) is 16.8. The van der Waals surface area contributed by atoms with Gasteiger partial charge >= 0.3 is 0 Å². The van der Waals surface area contributed by atoms with Crippen molar-refractivity contribution < 1.29 is 13.2 Å². The molecule has 30 heavy (non-hydrogen) atoms. The number of sulfone groups is 1. The predicted molar refractivity (Wildman–Crippen MR) is 112 cm³/mol. The van der Waals surface area contributed by atoms with Crippen molar-refractivity contribution in [2.45, 2.75) is 4.90 Å². The molecule has 0 atom stereocenters. The maximum absolute atomic E-state index is 12.7. The first kappa shape index (κ1) is 19.8. The summed E-state index contributed by atoms with van der Waals surface area (Å²) < 4.78 is 32.7. The summed E-state index contributed by atoms with van der Waals surface area (Å²) in [4.78, 5) is 21.8. The third kappa shape index (κ3) is 3.35. The van der Waals surface area contributed by atoms with E-state index in [-0.39, 0.29) is 10.5 Å². The number of rotatable bonds is 4. The van der Waals surface area contributed by atoms with Crippen LogP contribution >= 0.6 is 0 Å². The minimum absolute atomic E-state index is 0.141. The Hall–Kier alpha value is -3.53. The molecule has 0 fully saturated rings. The van der Waals surface area contributed by atoms with Crippen LogP contribution in [0.3, 0.4) is 0 Å². The highest BCUT2D eigenvalue weighted by atomic mass is 32.2. The number of fused-ring (bicyclic) bond motifs is 1. The van der Waals surface area contributed by atoms with E-state index >= 15 is 0 Å². The third-order valence-corrected chi connectivity index (χ3v) is 5.88. The highest BCUT2D eigenvalue weighted by Crippen LogP contribution is 2.35. The monoisotopic (exact) mass is 425 g/mol. The molecule has 0 amide bonds. The highest BCUT2D eigenvalue weighted by molar-refractivity contribution is 7.90. The average molecular weight is 425 g/mol. The topological polar surface area (TPSA) is 109 Å². The number of hydrogen-bond acceptors (Lipinski definition) is 7. The van der Waals surface area contributed by atoms with E-state index in [0.717, 1.165) is 6.26 Å². The molecule has 154 valence electrons. The molecule has 0 bridgehead atoms. The molecule has 0 unspecified atom stereocenters. The Morgan fingerprint density at radius 1 is 1.07 bits per heavy atom. The van der Waals surface area contributed by atoms with Gasteiger partial charge in [0, 0.05) is 50.1 Å². The van der Waals surface area contributed by atoms with E-state index in [1.165, 1.54) is 30.0 Å². The van der Waals surface area contributed by atoms with Gasteiger partial charge in [0.15, 0.2) is 15.7 Å². The van der Waals surface area contributed by atoms with Crippen LogP contribution in [0.4, 0.5) is 0 Å². The number of methoxy groups -OCH3 is 1. The molecule has 9 nitrogen and oxygen atoms in total. The molecular weight excluding hydrogens is 406 g/mol. The van der Waals surface area contributed by atoms with Crippen molar-refractivity contribution >= 4 is 20.7 Å². The first-order valence-electron chi connectivity index (χ1n) is 8.93. The van der Waals surface area contributed by atoms with E-state index in [0.29, 0.717) is 39.2 Å². The predicted octanol–water partition coefficient (Wildman–Crippen LogP) is 1.81. The summed E-state index contributed by atoms with van der Waals surface area (Å²) >= 11 is 0. The van der Waals surface area contributed by atoms with Gasteiger partial charge in [-0.2, -0.15) is 5.10 Å². The summed E-state index contributed by atoms with van der Waals surface area (Å²) in [6.07, 6.45) is 7.64. The molecule has 4 aromatic rings. The van der Waals surface area contributed by atoms with E-state index in [9.17, 15) is 13.2 Å². The molecule has 0 aliphatic rings. The number of aryl methyl sites for hydroxylation is 2. The Morgan fingerprint density at radius 2 is 1.83 bits per heavy atom. The zero-order chi connectivity index (χ0) is 21.6. The second-order valence-corrected chi connectivity index (χ2v) is 8.97. The van der Waals surface area contributed by atoms with Crippen molar-refractivity contribution in [3.05, 3.63) is 53.3 Å². The van der Waals surface area contributed by atoms with E-state index in [2.05, 4.69) is 15.1 Å². The van der Waals surface area contributed by atoms with Crippen LogP contribution in [-0.2, 0) is 23.9 Å². The Labute approximate surface area is 172 Å². The summed E-state index contributed by atoms with van der Waals surface area (Å²) in [6.45, 7) is 0. The van der Waals surface area contributed by atoms with E-state index in [1.807, 2.05) is 0 Å². The van der Waals surface area contributed by atoms with Gasteiger partial charge in [-0.3, -0.25) is 9.48 Å². The standard InChI is InChI=1S/C20H19N5O4S/c1-24-11-16(14-7-13(30(4,27)28)5-6-17(14)29-3)18-15(20(24)26)9-21-19(23-18)12-8-22-25(2)10-12/h5-11H,1-4H3. The van der Waals surface area contributed by atoms with Gasteiger partial charge in [0.1, 0.15) is 5.75 Å². The van der Waals surface area contributed by atoms with Crippen molar-refractivity contribution in [1.29, 1.82) is 0 Å². The number of ether oxygens (including phenoxy) is 1. The molecule has 0 radical (unpaired) electrons. The fraction of sp³-hybridized carbons (Fsp3) is 0.200. The van der Waals surface area contributed by atoms with Crippen molar-refractivity contribution in [3.8, 4) is 28.3 Å². The molecule has 1 aromatic carbocycles. The fourth-order valence-corrected chi connectivity index (χ4v) is 3.90. The van der Waals surface area contributed by atoms with Crippen LogP contribution in [0.2, 0.25) is 0 Å². The summed E-state index contributed by atoms with van der Waals surface area (Å²) in [7, 11) is 1.46. The second-order valence-electron chi connectivity index (χ2n) is 6.95. The lowest BCUT2D eigenvalue weighted by Gasteiger charge is -2.14. The van der Waals surface area contributed by atoms with Gasteiger partial charge in [-0.1, -0.05) is 0 Å². The lowest BCUT2D eigenvalue weighted by atomic mass is 10.0. The minimum atomic E-state index is -3.45. The lowest BCUT2D eigenvalue weighted by molar-refractivity contribution is 0.416. The molecule has 3 aromatic heterocycles. The molecule has 0 saturated heterocycles.